The Labute approximate surface area is 138 Å². The van der Waals surface area contributed by atoms with Crippen LogP contribution in [-0.4, -0.2) is 18.6 Å². The Balaban J connectivity index is 1.95. The average molecular weight is 364 g/mol. The fraction of sp³-hybridized carbons (Fsp3) is 0.235. The third-order valence-corrected chi connectivity index (χ3v) is 3.18. The highest BCUT2D eigenvalue weighted by Crippen LogP contribution is 2.25. The van der Waals surface area contributed by atoms with E-state index in [0.29, 0.717) is 17.2 Å². The zero-order chi connectivity index (χ0) is 15.9. The average Bonchev–Trinajstić information content (AvgIpc) is 2.47. The van der Waals surface area contributed by atoms with Gasteiger partial charge in [-0.25, -0.2) is 0 Å². The molecule has 0 aliphatic carbocycles. The highest BCUT2D eigenvalue weighted by atomic mass is 79.9. The van der Waals surface area contributed by atoms with Gasteiger partial charge < -0.3 is 14.8 Å². The van der Waals surface area contributed by atoms with Crippen molar-refractivity contribution in [2.75, 3.05) is 11.9 Å². The predicted octanol–water partition coefficient (Wildman–Crippen LogP) is 4.25. The van der Waals surface area contributed by atoms with E-state index in [9.17, 15) is 4.79 Å². The number of carbonyl (C=O) groups is 1. The summed E-state index contributed by atoms with van der Waals surface area (Å²) in [5.74, 6) is 1.05. The van der Waals surface area contributed by atoms with Crippen molar-refractivity contribution < 1.29 is 14.3 Å². The minimum absolute atomic E-state index is 0.0379. The minimum atomic E-state index is -0.236. The monoisotopic (exact) mass is 363 g/mol. The summed E-state index contributed by atoms with van der Waals surface area (Å²) >= 11 is 3.36. The van der Waals surface area contributed by atoms with Crippen molar-refractivity contribution in [3.8, 4) is 11.5 Å². The molecule has 0 bridgehead atoms. The van der Waals surface area contributed by atoms with Crippen LogP contribution >= 0.6 is 15.9 Å². The number of hydrogen-bond acceptors (Lipinski definition) is 3. The molecule has 0 fully saturated rings. The molecule has 0 aliphatic heterocycles. The van der Waals surface area contributed by atoms with Gasteiger partial charge in [0.05, 0.1) is 11.8 Å². The van der Waals surface area contributed by atoms with E-state index in [1.165, 1.54) is 0 Å². The van der Waals surface area contributed by atoms with Crippen molar-refractivity contribution in [1.29, 1.82) is 0 Å². The molecule has 1 N–H and O–H groups in total. The number of amides is 1. The molecule has 0 saturated heterocycles. The van der Waals surface area contributed by atoms with Crippen LogP contribution in [0.15, 0.2) is 53.0 Å². The largest absolute Gasteiger partial charge is 0.489 e. The van der Waals surface area contributed by atoms with Gasteiger partial charge in [0.15, 0.2) is 6.61 Å². The number of anilines is 1. The van der Waals surface area contributed by atoms with E-state index in [0.717, 1.165) is 4.47 Å². The van der Waals surface area contributed by atoms with Gasteiger partial charge in [0, 0.05) is 4.47 Å². The van der Waals surface area contributed by atoms with Crippen molar-refractivity contribution in [1.82, 2.24) is 0 Å². The van der Waals surface area contributed by atoms with Crippen LogP contribution in [0.4, 0.5) is 5.69 Å². The molecule has 0 radical (unpaired) electrons. The zero-order valence-corrected chi connectivity index (χ0v) is 14.1. The number of carbonyl (C=O) groups excluding carboxylic acids is 1. The highest BCUT2D eigenvalue weighted by Gasteiger charge is 2.09. The first-order valence-corrected chi connectivity index (χ1v) is 7.78. The number of para-hydroxylation sites is 2. The number of ether oxygens (including phenoxy) is 2. The Morgan fingerprint density at radius 1 is 1.18 bits per heavy atom. The van der Waals surface area contributed by atoms with Crippen molar-refractivity contribution in [2.24, 2.45) is 0 Å². The molecule has 0 aromatic heterocycles. The van der Waals surface area contributed by atoms with Crippen molar-refractivity contribution in [3.63, 3.8) is 0 Å². The van der Waals surface area contributed by atoms with Crippen molar-refractivity contribution in [3.05, 3.63) is 53.0 Å². The van der Waals surface area contributed by atoms with E-state index in [-0.39, 0.29) is 18.6 Å². The third kappa shape index (κ3) is 5.07. The fourth-order valence-electron chi connectivity index (χ4n) is 1.82. The van der Waals surface area contributed by atoms with Crippen LogP contribution in [0.1, 0.15) is 13.8 Å². The molecular weight excluding hydrogens is 346 g/mol. The highest BCUT2D eigenvalue weighted by molar-refractivity contribution is 9.10. The van der Waals surface area contributed by atoms with E-state index in [2.05, 4.69) is 21.2 Å². The molecule has 0 atom stereocenters. The number of nitrogens with one attached hydrogen (secondary N) is 1. The summed E-state index contributed by atoms with van der Waals surface area (Å²) in [6, 6.07) is 14.7. The molecule has 2 rings (SSSR count). The van der Waals surface area contributed by atoms with E-state index < -0.39 is 0 Å². The van der Waals surface area contributed by atoms with E-state index >= 15 is 0 Å². The molecule has 2 aromatic carbocycles. The number of benzene rings is 2. The van der Waals surface area contributed by atoms with Gasteiger partial charge in [-0.1, -0.05) is 34.1 Å². The summed E-state index contributed by atoms with van der Waals surface area (Å²) in [6.45, 7) is 3.82. The number of halogens is 1. The molecule has 116 valence electrons. The molecule has 2 aromatic rings. The molecule has 0 saturated carbocycles. The maximum absolute atomic E-state index is 12.0. The minimum Gasteiger partial charge on any atom is -0.489 e. The quantitative estimate of drug-likeness (QED) is 0.834. The maximum atomic E-state index is 12.0. The molecule has 0 heterocycles. The lowest BCUT2D eigenvalue weighted by Crippen LogP contribution is -2.21. The molecule has 1 amide bonds. The van der Waals surface area contributed by atoms with Gasteiger partial charge in [-0.3, -0.25) is 4.79 Å². The van der Waals surface area contributed by atoms with Crippen LogP contribution in [0.5, 0.6) is 11.5 Å². The van der Waals surface area contributed by atoms with Crippen LogP contribution in [0.2, 0.25) is 0 Å². The van der Waals surface area contributed by atoms with Gasteiger partial charge in [-0.2, -0.15) is 0 Å². The maximum Gasteiger partial charge on any atom is 0.262 e. The summed E-state index contributed by atoms with van der Waals surface area (Å²) in [6.07, 6.45) is 0.0379. The second kappa shape index (κ2) is 7.84. The topological polar surface area (TPSA) is 47.6 Å². The van der Waals surface area contributed by atoms with Crippen LogP contribution in [-0.2, 0) is 4.79 Å². The summed E-state index contributed by atoms with van der Waals surface area (Å²) in [4.78, 5) is 12.0. The standard InChI is InChI=1S/C17H18BrNO3/c1-12(2)22-16-9-4-3-8-15(16)19-17(20)11-21-14-7-5-6-13(18)10-14/h3-10,12H,11H2,1-2H3,(H,19,20). The van der Waals surface area contributed by atoms with E-state index in [1.807, 2.05) is 50.2 Å². The SMILES string of the molecule is CC(C)Oc1ccccc1NC(=O)COc1cccc(Br)c1. The van der Waals surface area contributed by atoms with Crippen molar-refractivity contribution >= 4 is 27.5 Å². The molecule has 22 heavy (non-hydrogen) atoms. The Kier molecular flexibility index (Phi) is 5.83. The first kappa shape index (κ1) is 16.4. The lowest BCUT2D eigenvalue weighted by Gasteiger charge is -2.15. The summed E-state index contributed by atoms with van der Waals surface area (Å²) in [5, 5.41) is 2.80. The fourth-order valence-corrected chi connectivity index (χ4v) is 2.20. The summed E-state index contributed by atoms with van der Waals surface area (Å²) in [7, 11) is 0. The van der Waals surface area contributed by atoms with E-state index in [1.54, 1.807) is 12.1 Å². The molecule has 5 heteroatoms. The van der Waals surface area contributed by atoms with Crippen molar-refractivity contribution in [2.45, 2.75) is 20.0 Å². The van der Waals surface area contributed by atoms with Gasteiger partial charge in [0.2, 0.25) is 0 Å². The molecule has 0 aliphatic rings. The zero-order valence-electron chi connectivity index (χ0n) is 12.5. The van der Waals surface area contributed by atoms with Crippen LogP contribution in [0, 0.1) is 0 Å². The van der Waals surface area contributed by atoms with Gasteiger partial charge in [-0.15, -0.1) is 0 Å². The lowest BCUT2D eigenvalue weighted by molar-refractivity contribution is -0.118. The second-order valence-corrected chi connectivity index (χ2v) is 5.87. The van der Waals surface area contributed by atoms with Gasteiger partial charge in [0.25, 0.3) is 5.91 Å². The lowest BCUT2D eigenvalue weighted by atomic mass is 10.3. The Hall–Kier alpha value is -2.01. The smallest absolute Gasteiger partial charge is 0.262 e. The number of hydrogen-bond donors (Lipinski definition) is 1. The normalized spacial score (nSPS) is 10.4. The van der Waals surface area contributed by atoms with E-state index in [4.69, 9.17) is 9.47 Å². The van der Waals surface area contributed by atoms with Gasteiger partial charge in [0.1, 0.15) is 11.5 Å². The van der Waals surface area contributed by atoms with Crippen LogP contribution in [0.3, 0.4) is 0 Å². The first-order valence-electron chi connectivity index (χ1n) is 6.98. The summed E-state index contributed by atoms with van der Waals surface area (Å²) in [5.41, 5.74) is 0.638. The van der Waals surface area contributed by atoms with Gasteiger partial charge >= 0.3 is 0 Å². The Bertz CT molecular complexity index is 643. The Morgan fingerprint density at radius 3 is 2.68 bits per heavy atom. The van der Waals surface area contributed by atoms with Crippen LogP contribution in [0.25, 0.3) is 0 Å². The molecule has 4 nitrogen and oxygen atoms in total. The Morgan fingerprint density at radius 2 is 1.95 bits per heavy atom. The first-order chi connectivity index (χ1) is 10.5. The van der Waals surface area contributed by atoms with Crippen LogP contribution < -0.4 is 14.8 Å². The predicted molar refractivity (Wildman–Crippen MR) is 90.5 cm³/mol. The number of rotatable bonds is 6. The van der Waals surface area contributed by atoms with Gasteiger partial charge in [-0.05, 0) is 44.2 Å². The third-order valence-electron chi connectivity index (χ3n) is 2.69. The second-order valence-electron chi connectivity index (χ2n) is 4.96. The molecule has 0 spiro atoms. The summed E-state index contributed by atoms with van der Waals surface area (Å²) < 4.78 is 12.0. The molecular formula is C17H18BrNO3. The molecule has 0 unspecified atom stereocenters.